The highest BCUT2D eigenvalue weighted by molar-refractivity contribution is 5.90. The van der Waals surface area contributed by atoms with Crippen molar-refractivity contribution < 1.29 is 18.7 Å². The van der Waals surface area contributed by atoms with Gasteiger partial charge < -0.3 is 20.7 Å². The number of alkyl carbamates (subject to hydrolysis) is 1. The zero-order valence-electron chi connectivity index (χ0n) is 16.3. The SMILES string of the molecule is CC(=O)NC1CCN(c2ncc(-c3cccc(COC(=O)NC(=N)N)c3F)cn2)C1. The fourth-order valence-corrected chi connectivity index (χ4v) is 3.17. The minimum atomic E-state index is -0.942. The average Bonchev–Trinajstić information content (AvgIpc) is 3.14. The predicted octanol–water partition coefficient (Wildman–Crippen LogP) is 1.12. The van der Waals surface area contributed by atoms with Crippen molar-refractivity contribution in [1.29, 1.82) is 5.41 Å². The van der Waals surface area contributed by atoms with E-state index in [0.29, 0.717) is 24.6 Å². The summed E-state index contributed by atoms with van der Waals surface area (Å²) in [5.41, 5.74) is 5.95. The molecule has 3 rings (SSSR count). The third kappa shape index (κ3) is 5.19. The molecule has 0 radical (unpaired) electrons. The van der Waals surface area contributed by atoms with Crippen molar-refractivity contribution >= 4 is 23.9 Å². The maximum atomic E-state index is 14.9. The van der Waals surface area contributed by atoms with Gasteiger partial charge in [-0.2, -0.15) is 0 Å². The number of nitrogens with two attached hydrogens (primary N) is 1. The van der Waals surface area contributed by atoms with Crippen molar-refractivity contribution in [3.63, 3.8) is 0 Å². The van der Waals surface area contributed by atoms with Gasteiger partial charge in [-0.05, 0) is 6.42 Å². The molecule has 11 heteroatoms. The first kappa shape index (κ1) is 21.0. The summed E-state index contributed by atoms with van der Waals surface area (Å²) >= 11 is 0. The van der Waals surface area contributed by atoms with Gasteiger partial charge in [0.05, 0.1) is 0 Å². The third-order valence-corrected chi connectivity index (χ3v) is 4.50. The number of carbonyl (C=O) groups excluding carboxylic acids is 2. The molecule has 1 aromatic carbocycles. The summed E-state index contributed by atoms with van der Waals surface area (Å²) in [6.45, 7) is 2.49. The van der Waals surface area contributed by atoms with E-state index in [1.807, 2.05) is 10.2 Å². The Hall–Kier alpha value is -3.76. The Morgan fingerprint density at radius 1 is 1.37 bits per heavy atom. The van der Waals surface area contributed by atoms with Gasteiger partial charge in [0.15, 0.2) is 5.96 Å². The van der Waals surface area contributed by atoms with Crippen molar-refractivity contribution in [2.45, 2.75) is 26.0 Å². The molecule has 30 heavy (non-hydrogen) atoms. The Bertz CT molecular complexity index is 952. The van der Waals surface area contributed by atoms with Crippen molar-refractivity contribution in [3.8, 4) is 11.1 Å². The number of halogens is 1. The molecule has 0 spiro atoms. The number of ether oxygens (including phenoxy) is 1. The van der Waals surface area contributed by atoms with Crippen LogP contribution >= 0.6 is 0 Å². The zero-order valence-corrected chi connectivity index (χ0v) is 16.3. The summed E-state index contributed by atoms with van der Waals surface area (Å²) in [7, 11) is 0. The summed E-state index contributed by atoms with van der Waals surface area (Å²) in [5.74, 6) is -0.687. The van der Waals surface area contributed by atoms with Crippen LogP contribution in [0, 0.1) is 11.2 Å². The number of guanidine groups is 1. The van der Waals surface area contributed by atoms with Crippen LogP contribution in [-0.4, -0.2) is 47.1 Å². The Labute approximate surface area is 172 Å². The first-order valence-corrected chi connectivity index (χ1v) is 9.23. The minimum absolute atomic E-state index is 0.0557. The normalized spacial score (nSPS) is 15.5. The van der Waals surface area contributed by atoms with Crippen LogP contribution < -0.4 is 21.3 Å². The molecule has 1 aliphatic rings. The first-order valence-electron chi connectivity index (χ1n) is 9.23. The molecular weight excluding hydrogens is 393 g/mol. The summed E-state index contributed by atoms with van der Waals surface area (Å²) in [4.78, 5) is 33.2. The van der Waals surface area contributed by atoms with Crippen LogP contribution in [0.4, 0.5) is 15.1 Å². The fraction of sp³-hybridized carbons (Fsp3) is 0.316. The van der Waals surface area contributed by atoms with Crippen molar-refractivity contribution in [2.75, 3.05) is 18.0 Å². The number of nitrogens with one attached hydrogen (secondary N) is 3. The standard InChI is InChI=1S/C19H22FN7O3/c1-11(28)25-14-5-6-27(9-14)18-23-7-13(8-24-18)15-4-2-3-12(16(15)20)10-30-19(29)26-17(21)22/h2-4,7-8,14H,5-6,9-10H2,1H3,(H,25,28)(H4,21,22,26,29). The lowest BCUT2D eigenvalue weighted by Crippen LogP contribution is -2.36. The van der Waals surface area contributed by atoms with Gasteiger partial charge in [0.25, 0.3) is 0 Å². The van der Waals surface area contributed by atoms with Gasteiger partial charge in [0, 0.05) is 55.1 Å². The highest BCUT2D eigenvalue weighted by Gasteiger charge is 2.25. The molecule has 10 nitrogen and oxygen atoms in total. The van der Waals surface area contributed by atoms with Crippen LogP contribution in [0.5, 0.6) is 0 Å². The van der Waals surface area contributed by atoms with E-state index in [2.05, 4.69) is 15.3 Å². The van der Waals surface area contributed by atoms with Gasteiger partial charge in [0.2, 0.25) is 11.9 Å². The number of rotatable bonds is 5. The highest BCUT2D eigenvalue weighted by atomic mass is 19.1. The van der Waals surface area contributed by atoms with Crippen LogP contribution in [-0.2, 0) is 16.1 Å². The van der Waals surface area contributed by atoms with Crippen molar-refractivity contribution in [3.05, 3.63) is 42.0 Å². The van der Waals surface area contributed by atoms with Crippen LogP contribution in [0.3, 0.4) is 0 Å². The van der Waals surface area contributed by atoms with E-state index < -0.39 is 17.9 Å². The Morgan fingerprint density at radius 3 is 2.77 bits per heavy atom. The Balaban J connectivity index is 1.68. The maximum Gasteiger partial charge on any atom is 0.414 e. The van der Waals surface area contributed by atoms with Crippen LogP contribution in [0.25, 0.3) is 11.1 Å². The van der Waals surface area contributed by atoms with Crippen LogP contribution in [0.15, 0.2) is 30.6 Å². The molecule has 1 atom stereocenters. The molecule has 1 aliphatic heterocycles. The molecule has 2 heterocycles. The number of hydrogen-bond donors (Lipinski definition) is 4. The number of benzene rings is 1. The summed E-state index contributed by atoms with van der Waals surface area (Å²) in [5, 5.41) is 11.8. The fourth-order valence-electron chi connectivity index (χ4n) is 3.17. The van der Waals surface area contributed by atoms with E-state index in [0.717, 1.165) is 6.42 Å². The Kier molecular flexibility index (Phi) is 6.40. The average molecular weight is 415 g/mol. The lowest BCUT2D eigenvalue weighted by Gasteiger charge is -2.17. The van der Waals surface area contributed by atoms with Crippen LogP contribution in [0.2, 0.25) is 0 Å². The molecule has 1 saturated heterocycles. The maximum absolute atomic E-state index is 14.9. The van der Waals surface area contributed by atoms with Gasteiger partial charge in [-0.25, -0.2) is 19.2 Å². The number of anilines is 1. The first-order chi connectivity index (χ1) is 14.3. The van der Waals surface area contributed by atoms with Crippen molar-refractivity contribution in [2.24, 2.45) is 5.73 Å². The zero-order chi connectivity index (χ0) is 21.7. The number of nitrogens with zero attached hydrogens (tertiary/aromatic N) is 3. The third-order valence-electron chi connectivity index (χ3n) is 4.50. The number of amides is 2. The van der Waals surface area contributed by atoms with Crippen molar-refractivity contribution in [1.82, 2.24) is 20.6 Å². The number of carbonyl (C=O) groups is 2. The molecule has 0 bridgehead atoms. The number of hydrogen-bond acceptors (Lipinski definition) is 7. The number of aromatic nitrogens is 2. The summed E-state index contributed by atoms with van der Waals surface area (Å²) in [6.07, 6.45) is 2.92. The van der Waals surface area contributed by atoms with E-state index in [9.17, 15) is 14.0 Å². The smallest absolute Gasteiger partial charge is 0.414 e. The molecule has 0 saturated carbocycles. The monoisotopic (exact) mass is 415 g/mol. The van der Waals surface area contributed by atoms with E-state index in [1.165, 1.54) is 25.4 Å². The van der Waals surface area contributed by atoms with E-state index in [-0.39, 0.29) is 29.7 Å². The largest absolute Gasteiger partial charge is 0.444 e. The lowest BCUT2D eigenvalue weighted by molar-refractivity contribution is -0.119. The molecular formula is C19H22FN7O3. The second kappa shape index (κ2) is 9.16. The molecule has 158 valence electrons. The van der Waals surface area contributed by atoms with E-state index in [1.54, 1.807) is 12.1 Å². The molecule has 2 aromatic rings. The predicted molar refractivity (Wildman–Crippen MR) is 107 cm³/mol. The van der Waals surface area contributed by atoms with Gasteiger partial charge in [-0.1, -0.05) is 18.2 Å². The van der Waals surface area contributed by atoms with Gasteiger partial charge in [0.1, 0.15) is 12.4 Å². The topological polar surface area (TPSA) is 146 Å². The Morgan fingerprint density at radius 2 is 2.10 bits per heavy atom. The second-order valence-electron chi connectivity index (χ2n) is 6.80. The molecule has 0 aliphatic carbocycles. The lowest BCUT2D eigenvalue weighted by atomic mass is 10.1. The van der Waals surface area contributed by atoms with Gasteiger partial charge >= 0.3 is 6.09 Å². The van der Waals surface area contributed by atoms with E-state index in [4.69, 9.17) is 15.9 Å². The van der Waals surface area contributed by atoms with Gasteiger partial charge in [-0.15, -0.1) is 0 Å². The van der Waals surface area contributed by atoms with Crippen LogP contribution in [0.1, 0.15) is 18.9 Å². The molecule has 5 N–H and O–H groups in total. The quantitative estimate of drug-likeness (QED) is 0.423. The molecule has 2 amide bonds. The summed E-state index contributed by atoms with van der Waals surface area (Å²) < 4.78 is 19.7. The van der Waals surface area contributed by atoms with E-state index >= 15 is 0 Å². The highest BCUT2D eigenvalue weighted by Crippen LogP contribution is 2.26. The second-order valence-corrected chi connectivity index (χ2v) is 6.80. The summed E-state index contributed by atoms with van der Waals surface area (Å²) in [6, 6.07) is 4.75. The molecule has 1 aromatic heterocycles. The minimum Gasteiger partial charge on any atom is -0.444 e. The van der Waals surface area contributed by atoms with Gasteiger partial charge in [-0.3, -0.25) is 15.5 Å². The molecule has 1 unspecified atom stereocenters. The molecule has 1 fully saturated rings.